The number of β-amino-alcohol motifs (C(OH)–C–C–N with tert-alkyl or cyclic N) is 1. The molecule has 4 unspecified atom stereocenters. The molecule has 5 N–H and O–H groups in total. The van der Waals surface area contributed by atoms with Gasteiger partial charge in [0.15, 0.2) is 5.78 Å². The van der Waals surface area contributed by atoms with Crippen LogP contribution in [0.5, 0.6) is 17.2 Å². The SMILES string of the molecule is CCN(CCOCCOCCOCCC(=O)NC(C(=O)N1CC(O)CC1C(=O)NC(C)c1ccc(-c2scnc2C)cc1)C(C)(C)C)CCOc1ccc(C(=O)c2c(-c3ccc(O)cc3)sc3cc(O)ccc23)cc1. The molecule has 0 bridgehead atoms. The standard InChI is InChI=1S/C57H69N5O11S2/c1-7-61(24-27-73-45-19-14-39(15-20-45)51(67)50-46-21-18-43(64)33-48(46)75-53(50)41-12-16-42(63)17-13-41)23-26-71-29-31-72-30-28-70-25-22-49(66)60-54(57(4,5)6)56(69)62-34-44(65)32-47(62)55(68)59-36(2)38-8-10-40(11-9-38)52-37(3)58-35-74-52/h8-21,33,35-36,44,47,54,63-65H,7,22-32,34H2,1-6H3,(H,59,68)(H,60,66). The molecule has 2 aromatic heterocycles. The highest BCUT2D eigenvalue weighted by Crippen LogP contribution is 2.42. The Morgan fingerprint density at radius 3 is 2.08 bits per heavy atom. The zero-order valence-electron chi connectivity index (χ0n) is 43.5. The minimum absolute atomic E-state index is 0.0149. The first-order chi connectivity index (χ1) is 36.0. The van der Waals surface area contributed by atoms with E-state index in [0.29, 0.717) is 63.0 Å². The lowest BCUT2D eigenvalue weighted by Crippen LogP contribution is -2.58. The molecule has 0 radical (unpaired) electrons. The highest BCUT2D eigenvalue weighted by atomic mass is 32.1. The quantitative estimate of drug-likeness (QED) is 0.0257. The molecule has 400 valence electrons. The van der Waals surface area contributed by atoms with Crippen LogP contribution in [0.1, 0.15) is 80.7 Å². The summed E-state index contributed by atoms with van der Waals surface area (Å²) >= 11 is 2.99. The van der Waals surface area contributed by atoms with Gasteiger partial charge in [0.2, 0.25) is 17.7 Å². The minimum Gasteiger partial charge on any atom is -0.508 e. The van der Waals surface area contributed by atoms with Crippen molar-refractivity contribution in [1.82, 2.24) is 25.4 Å². The molecule has 7 rings (SSSR count). The molecule has 4 atom stereocenters. The second-order valence-corrected chi connectivity index (χ2v) is 21.5. The lowest BCUT2D eigenvalue weighted by Gasteiger charge is -2.35. The highest BCUT2D eigenvalue weighted by Gasteiger charge is 2.44. The van der Waals surface area contributed by atoms with Gasteiger partial charge in [0.25, 0.3) is 0 Å². The van der Waals surface area contributed by atoms with Crippen molar-refractivity contribution in [1.29, 1.82) is 0 Å². The smallest absolute Gasteiger partial charge is 0.246 e. The maximum atomic E-state index is 14.1. The lowest BCUT2D eigenvalue weighted by molar-refractivity contribution is -0.144. The Kier molecular flexibility index (Phi) is 19.9. The number of thiophene rings is 1. The molecule has 0 spiro atoms. The number of phenolic OH excluding ortho intramolecular Hbond substituents is 2. The molecule has 75 heavy (non-hydrogen) atoms. The van der Waals surface area contributed by atoms with E-state index in [1.54, 1.807) is 78.1 Å². The number of aliphatic hydroxyl groups is 1. The van der Waals surface area contributed by atoms with Crippen LogP contribution in [-0.4, -0.2) is 144 Å². The Morgan fingerprint density at radius 1 is 0.800 bits per heavy atom. The summed E-state index contributed by atoms with van der Waals surface area (Å²) in [7, 11) is 0. The number of nitrogens with zero attached hydrogens (tertiary/aromatic N) is 3. The number of rotatable bonds is 26. The number of amides is 3. The van der Waals surface area contributed by atoms with E-state index < -0.39 is 29.5 Å². The summed E-state index contributed by atoms with van der Waals surface area (Å²) in [6.45, 7) is 16.1. The number of likely N-dealkylation sites (N-methyl/N-ethyl adjacent to an activating group) is 1. The molecule has 3 amide bonds. The van der Waals surface area contributed by atoms with E-state index >= 15 is 0 Å². The molecule has 0 aliphatic carbocycles. The number of aromatic nitrogens is 1. The fourth-order valence-corrected chi connectivity index (χ4v) is 10.9. The molecule has 1 aliphatic heterocycles. The zero-order chi connectivity index (χ0) is 53.6. The number of ketones is 1. The van der Waals surface area contributed by atoms with Gasteiger partial charge >= 0.3 is 0 Å². The van der Waals surface area contributed by atoms with E-state index in [9.17, 15) is 34.5 Å². The predicted octanol–water partition coefficient (Wildman–Crippen LogP) is 8.15. The number of hydrogen-bond acceptors (Lipinski definition) is 15. The number of aliphatic hydroxyl groups excluding tert-OH is 1. The highest BCUT2D eigenvalue weighted by molar-refractivity contribution is 7.22. The van der Waals surface area contributed by atoms with Crippen LogP contribution >= 0.6 is 22.7 Å². The van der Waals surface area contributed by atoms with Crippen LogP contribution in [0.25, 0.3) is 31.0 Å². The molecule has 18 heteroatoms. The van der Waals surface area contributed by atoms with E-state index in [-0.39, 0.29) is 67.7 Å². The summed E-state index contributed by atoms with van der Waals surface area (Å²) in [5.74, 6) is -0.408. The average Bonchev–Trinajstić information content (AvgIpc) is 4.13. The van der Waals surface area contributed by atoms with Gasteiger partial charge in [0.05, 0.1) is 67.9 Å². The van der Waals surface area contributed by atoms with E-state index in [0.717, 1.165) is 48.8 Å². The monoisotopic (exact) mass is 1060 g/mol. The number of nitrogens with one attached hydrogen (secondary N) is 2. The van der Waals surface area contributed by atoms with Gasteiger partial charge < -0.3 is 49.8 Å². The van der Waals surface area contributed by atoms with Crippen LogP contribution in [-0.2, 0) is 28.6 Å². The first-order valence-electron chi connectivity index (χ1n) is 25.4. The molecule has 0 saturated carbocycles. The van der Waals surface area contributed by atoms with Crippen LogP contribution in [0.3, 0.4) is 0 Å². The fraction of sp³-hybridized carbons (Fsp3) is 0.421. The number of thiazole rings is 1. The summed E-state index contributed by atoms with van der Waals surface area (Å²) in [5, 5.41) is 37.2. The summed E-state index contributed by atoms with van der Waals surface area (Å²) < 4.78 is 23.9. The van der Waals surface area contributed by atoms with Crippen LogP contribution in [0.2, 0.25) is 0 Å². The second kappa shape index (κ2) is 26.5. The van der Waals surface area contributed by atoms with Crippen molar-refractivity contribution in [2.45, 2.75) is 78.6 Å². The largest absolute Gasteiger partial charge is 0.508 e. The Labute approximate surface area is 446 Å². The molecular formula is C57H69N5O11S2. The van der Waals surface area contributed by atoms with Crippen LogP contribution < -0.4 is 15.4 Å². The van der Waals surface area contributed by atoms with Gasteiger partial charge in [-0.25, -0.2) is 4.98 Å². The summed E-state index contributed by atoms with van der Waals surface area (Å²) in [4.78, 5) is 64.6. The third-order valence-electron chi connectivity index (χ3n) is 13.1. The molecule has 16 nitrogen and oxygen atoms in total. The number of aromatic hydroxyl groups is 2. The summed E-state index contributed by atoms with van der Waals surface area (Å²) in [6, 6.07) is 24.6. The van der Waals surface area contributed by atoms with E-state index in [2.05, 4.69) is 27.4 Å². The molecular weight excluding hydrogens is 995 g/mol. The third kappa shape index (κ3) is 15.2. The van der Waals surface area contributed by atoms with Crippen molar-refractivity contribution < 1.29 is 53.4 Å². The van der Waals surface area contributed by atoms with Crippen molar-refractivity contribution in [3.63, 3.8) is 0 Å². The number of phenols is 2. The molecule has 1 aliphatic rings. The number of fused-ring (bicyclic) bond motifs is 1. The third-order valence-corrected chi connectivity index (χ3v) is 15.3. The maximum absolute atomic E-state index is 14.1. The molecule has 4 aromatic carbocycles. The van der Waals surface area contributed by atoms with Crippen LogP contribution in [0.15, 0.2) is 96.5 Å². The van der Waals surface area contributed by atoms with Gasteiger partial charge in [-0.15, -0.1) is 22.7 Å². The summed E-state index contributed by atoms with van der Waals surface area (Å²) in [6.07, 6.45) is -0.762. The molecule has 1 fully saturated rings. The van der Waals surface area contributed by atoms with Gasteiger partial charge in [-0.1, -0.05) is 52.0 Å². The maximum Gasteiger partial charge on any atom is 0.246 e. The zero-order valence-corrected chi connectivity index (χ0v) is 45.1. The fourth-order valence-electron chi connectivity index (χ4n) is 8.84. The number of aryl methyl sites for hydroxylation is 1. The Bertz CT molecular complexity index is 2850. The van der Waals surface area contributed by atoms with Gasteiger partial charge in [0, 0.05) is 58.6 Å². The van der Waals surface area contributed by atoms with Crippen molar-refractivity contribution in [3.05, 3.63) is 119 Å². The van der Waals surface area contributed by atoms with Crippen molar-refractivity contribution in [3.8, 4) is 38.1 Å². The van der Waals surface area contributed by atoms with Crippen LogP contribution in [0.4, 0.5) is 0 Å². The topological polar surface area (TPSA) is 209 Å². The first kappa shape index (κ1) is 56.5. The predicted molar refractivity (Wildman–Crippen MR) is 292 cm³/mol. The Morgan fingerprint density at radius 2 is 1.43 bits per heavy atom. The van der Waals surface area contributed by atoms with Crippen molar-refractivity contribution >= 4 is 56.3 Å². The van der Waals surface area contributed by atoms with Gasteiger partial charge in [-0.3, -0.25) is 24.1 Å². The number of carbonyl (C=O) groups excluding carboxylic acids is 4. The van der Waals surface area contributed by atoms with Crippen molar-refractivity contribution in [2.24, 2.45) is 5.41 Å². The van der Waals surface area contributed by atoms with Gasteiger partial charge in [-0.05, 0) is 109 Å². The van der Waals surface area contributed by atoms with Crippen molar-refractivity contribution in [2.75, 3.05) is 72.4 Å². The molecule has 3 heterocycles. The minimum atomic E-state index is -0.942. The van der Waals surface area contributed by atoms with E-state index in [4.69, 9.17) is 18.9 Å². The summed E-state index contributed by atoms with van der Waals surface area (Å²) in [5.41, 5.74) is 5.88. The molecule has 1 saturated heterocycles. The Hall–Kier alpha value is -6.25. The lowest BCUT2D eigenvalue weighted by atomic mass is 9.85. The van der Waals surface area contributed by atoms with Crippen LogP contribution in [0, 0.1) is 12.3 Å². The number of carbonyl (C=O) groups is 4. The number of benzene rings is 4. The average molecular weight is 1060 g/mol. The van der Waals surface area contributed by atoms with Gasteiger partial charge in [0.1, 0.15) is 35.9 Å². The van der Waals surface area contributed by atoms with E-state index in [1.165, 1.54) is 16.2 Å². The second-order valence-electron chi connectivity index (χ2n) is 19.6. The number of likely N-dealkylation sites (tertiary alicyclic amines) is 1. The number of hydrogen-bond donors (Lipinski definition) is 5. The normalized spacial score (nSPS) is 15.5. The van der Waals surface area contributed by atoms with Gasteiger partial charge in [-0.2, -0.15) is 0 Å². The van der Waals surface area contributed by atoms with E-state index in [1.807, 2.05) is 64.4 Å². The number of ether oxygens (including phenoxy) is 4. The Balaban J connectivity index is 0.754. The first-order valence-corrected chi connectivity index (χ1v) is 27.1. The molecule has 6 aromatic rings.